The average Bonchev–Trinajstić information content (AvgIpc) is 2.57. The van der Waals surface area contributed by atoms with E-state index < -0.39 is 0 Å². The predicted molar refractivity (Wildman–Crippen MR) is 89.8 cm³/mol. The van der Waals surface area contributed by atoms with Crippen LogP contribution in [0.4, 0.5) is 0 Å². The van der Waals surface area contributed by atoms with Gasteiger partial charge in [-0.25, -0.2) is 0 Å². The van der Waals surface area contributed by atoms with E-state index in [2.05, 4.69) is 41.0 Å². The number of nitrogens with one attached hydrogen (secondary N) is 2. The average molecular weight is 300 g/mol. The molecule has 0 unspecified atom stereocenters. The molecule has 2 atom stereocenters. The summed E-state index contributed by atoms with van der Waals surface area (Å²) in [5, 5.41) is 6.72. The van der Waals surface area contributed by atoms with E-state index in [4.69, 9.17) is 0 Å². The van der Waals surface area contributed by atoms with Crippen LogP contribution in [-0.4, -0.2) is 25.0 Å². The Balaban J connectivity index is 1.58. The zero-order valence-electron chi connectivity index (χ0n) is 13.4. The lowest BCUT2D eigenvalue weighted by Crippen LogP contribution is -2.42. The van der Waals surface area contributed by atoms with Crippen LogP contribution in [0.15, 0.2) is 30.3 Å². The van der Waals surface area contributed by atoms with Crippen LogP contribution in [-0.2, 0) is 4.79 Å². The van der Waals surface area contributed by atoms with Crippen LogP contribution >= 0.6 is 0 Å². The van der Waals surface area contributed by atoms with Gasteiger partial charge in [0.1, 0.15) is 0 Å². The van der Waals surface area contributed by atoms with Crippen molar-refractivity contribution in [3.63, 3.8) is 0 Å². The minimum absolute atomic E-state index is 0.264. The second-order valence-corrected chi connectivity index (χ2v) is 6.87. The zero-order valence-corrected chi connectivity index (χ0v) is 13.4. The molecule has 3 nitrogen and oxygen atoms in total. The molecule has 2 N–H and O–H groups in total. The molecule has 1 aromatic rings. The third-order valence-corrected chi connectivity index (χ3v) is 5.27. The Kier molecular flexibility index (Phi) is 5.49. The van der Waals surface area contributed by atoms with E-state index in [-0.39, 0.29) is 5.91 Å². The molecule has 2 fully saturated rings. The third-order valence-electron chi connectivity index (χ3n) is 5.27. The summed E-state index contributed by atoms with van der Waals surface area (Å²) in [5.41, 5.74) is 1.38. The van der Waals surface area contributed by atoms with Crippen LogP contribution in [0.1, 0.15) is 56.4 Å². The maximum atomic E-state index is 12.4. The van der Waals surface area contributed by atoms with Crippen LogP contribution in [0.3, 0.4) is 0 Å². The number of carbonyl (C=O) groups excluding carboxylic acids is 1. The van der Waals surface area contributed by atoms with E-state index in [0.717, 1.165) is 32.4 Å². The summed E-state index contributed by atoms with van der Waals surface area (Å²) < 4.78 is 0. The molecule has 1 aromatic carbocycles. The minimum Gasteiger partial charge on any atom is -0.353 e. The molecule has 1 saturated carbocycles. The Morgan fingerprint density at radius 2 is 1.77 bits per heavy atom. The van der Waals surface area contributed by atoms with Gasteiger partial charge in [0.2, 0.25) is 5.91 Å². The summed E-state index contributed by atoms with van der Waals surface area (Å²) in [5.74, 6) is 1.33. The van der Waals surface area contributed by atoms with Crippen molar-refractivity contribution < 1.29 is 4.79 Å². The van der Waals surface area contributed by atoms with Gasteiger partial charge < -0.3 is 10.6 Å². The highest BCUT2D eigenvalue weighted by Crippen LogP contribution is 2.33. The lowest BCUT2D eigenvalue weighted by molar-refractivity contribution is -0.123. The normalized spacial score (nSPS) is 26.5. The first-order chi connectivity index (χ1) is 10.8. The van der Waals surface area contributed by atoms with Crippen LogP contribution in [0.25, 0.3) is 0 Å². The van der Waals surface area contributed by atoms with Crippen LogP contribution in [0.2, 0.25) is 0 Å². The number of rotatable bonds is 4. The molecule has 120 valence electrons. The predicted octanol–water partition coefficient (Wildman–Crippen LogP) is 3.22. The van der Waals surface area contributed by atoms with Crippen molar-refractivity contribution in [2.75, 3.05) is 13.1 Å². The van der Waals surface area contributed by atoms with Crippen molar-refractivity contribution in [1.29, 1.82) is 0 Å². The first-order valence-corrected chi connectivity index (χ1v) is 8.88. The van der Waals surface area contributed by atoms with Crippen LogP contribution < -0.4 is 10.6 Å². The monoisotopic (exact) mass is 300 g/mol. The highest BCUT2D eigenvalue weighted by molar-refractivity contribution is 5.76. The summed E-state index contributed by atoms with van der Waals surface area (Å²) >= 11 is 0. The third kappa shape index (κ3) is 4.10. The number of hydrogen-bond donors (Lipinski definition) is 2. The summed E-state index contributed by atoms with van der Waals surface area (Å²) in [6.45, 7) is 2.13. The van der Waals surface area contributed by atoms with Gasteiger partial charge in [-0.05, 0) is 50.3 Å². The van der Waals surface area contributed by atoms with Gasteiger partial charge in [-0.1, -0.05) is 43.2 Å². The van der Waals surface area contributed by atoms with Crippen molar-refractivity contribution >= 4 is 5.91 Å². The number of piperidine rings is 1. The van der Waals surface area contributed by atoms with E-state index in [1.807, 2.05) is 0 Å². The Hall–Kier alpha value is -1.35. The maximum Gasteiger partial charge on any atom is 0.220 e. The SMILES string of the molecule is O=C(CC1CCNCC1)N[C@@H]1CCCC[C@H]1c1ccccc1. The van der Waals surface area contributed by atoms with Crippen molar-refractivity contribution in [3.05, 3.63) is 35.9 Å². The fraction of sp³-hybridized carbons (Fsp3) is 0.632. The molecule has 1 saturated heterocycles. The molecular weight excluding hydrogens is 272 g/mol. The van der Waals surface area contributed by atoms with E-state index >= 15 is 0 Å². The van der Waals surface area contributed by atoms with Crippen LogP contribution in [0.5, 0.6) is 0 Å². The molecule has 1 heterocycles. The molecule has 3 rings (SSSR count). The summed E-state index contributed by atoms with van der Waals surface area (Å²) in [7, 11) is 0. The van der Waals surface area contributed by atoms with Gasteiger partial charge in [0.15, 0.2) is 0 Å². The van der Waals surface area contributed by atoms with Crippen molar-refractivity contribution in [2.45, 2.75) is 56.9 Å². The Morgan fingerprint density at radius 3 is 2.55 bits per heavy atom. The molecule has 0 bridgehead atoms. The minimum atomic E-state index is 0.264. The summed E-state index contributed by atoms with van der Waals surface area (Å²) in [6.07, 6.45) is 7.82. The number of carbonyl (C=O) groups is 1. The zero-order chi connectivity index (χ0) is 15.2. The molecule has 0 spiro atoms. The second kappa shape index (κ2) is 7.77. The highest BCUT2D eigenvalue weighted by atomic mass is 16.1. The molecule has 22 heavy (non-hydrogen) atoms. The second-order valence-electron chi connectivity index (χ2n) is 6.87. The number of hydrogen-bond acceptors (Lipinski definition) is 2. The first-order valence-electron chi connectivity index (χ1n) is 8.88. The van der Waals surface area contributed by atoms with Gasteiger partial charge in [-0.3, -0.25) is 4.79 Å². The van der Waals surface area contributed by atoms with Gasteiger partial charge in [0.05, 0.1) is 0 Å². The van der Waals surface area contributed by atoms with Crippen molar-refractivity contribution in [2.24, 2.45) is 5.92 Å². The van der Waals surface area contributed by atoms with Crippen molar-refractivity contribution in [3.8, 4) is 0 Å². The highest BCUT2D eigenvalue weighted by Gasteiger charge is 2.28. The van der Waals surface area contributed by atoms with E-state index in [1.54, 1.807) is 0 Å². The van der Waals surface area contributed by atoms with E-state index in [0.29, 0.717) is 24.3 Å². The smallest absolute Gasteiger partial charge is 0.220 e. The van der Waals surface area contributed by atoms with Gasteiger partial charge in [-0.2, -0.15) is 0 Å². The molecule has 1 amide bonds. The lowest BCUT2D eigenvalue weighted by Gasteiger charge is -2.33. The molecule has 2 aliphatic rings. The topological polar surface area (TPSA) is 41.1 Å². The standard InChI is InChI=1S/C19H28N2O/c22-19(14-15-10-12-20-13-11-15)21-18-9-5-4-8-17(18)16-6-2-1-3-7-16/h1-3,6-7,15,17-18,20H,4-5,8-14H2,(H,21,22)/t17-,18+/m0/s1. The van der Waals surface area contributed by atoms with Crippen molar-refractivity contribution in [1.82, 2.24) is 10.6 Å². The maximum absolute atomic E-state index is 12.4. The molecule has 1 aliphatic heterocycles. The number of amides is 1. The molecule has 3 heteroatoms. The van der Waals surface area contributed by atoms with Gasteiger partial charge in [0, 0.05) is 18.4 Å². The van der Waals surface area contributed by atoms with E-state index in [9.17, 15) is 4.79 Å². The quantitative estimate of drug-likeness (QED) is 0.896. The fourth-order valence-corrected chi connectivity index (χ4v) is 4.02. The summed E-state index contributed by atoms with van der Waals surface area (Å²) in [6, 6.07) is 11.0. The molecule has 0 aromatic heterocycles. The van der Waals surface area contributed by atoms with Gasteiger partial charge >= 0.3 is 0 Å². The van der Waals surface area contributed by atoms with Crippen LogP contribution in [0, 0.1) is 5.92 Å². The molecule has 1 aliphatic carbocycles. The van der Waals surface area contributed by atoms with E-state index in [1.165, 1.54) is 24.8 Å². The summed E-state index contributed by atoms with van der Waals surface area (Å²) in [4.78, 5) is 12.4. The molecular formula is C19H28N2O. The Bertz CT molecular complexity index is 468. The van der Waals surface area contributed by atoms with Gasteiger partial charge in [0.25, 0.3) is 0 Å². The molecule has 0 radical (unpaired) electrons. The fourth-order valence-electron chi connectivity index (χ4n) is 4.02. The lowest BCUT2D eigenvalue weighted by atomic mass is 9.80. The number of benzene rings is 1. The van der Waals surface area contributed by atoms with Gasteiger partial charge in [-0.15, -0.1) is 0 Å². The largest absolute Gasteiger partial charge is 0.353 e. The Labute approximate surface area is 133 Å². The first kappa shape index (κ1) is 15.5. The Morgan fingerprint density at radius 1 is 1.05 bits per heavy atom.